The zero-order valence-electron chi connectivity index (χ0n) is 12.3. The summed E-state index contributed by atoms with van der Waals surface area (Å²) in [6, 6.07) is 14.4. The van der Waals surface area contributed by atoms with Crippen LogP contribution in [0.5, 0.6) is 5.75 Å². The number of nitrogens with one attached hydrogen (secondary N) is 1. The molecule has 2 rings (SSSR count). The number of rotatable bonds is 7. The van der Waals surface area contributed by atoms with Crippen molar-refractivity contribution < 1.29 is 23.4 Å². The molecule has 0 aliphatic carbocycles. The van der Waals surface area contributed by atoms with Crippen LogP contribution in [0.3, 0.4) is 0 Å². The Labute approximate surface area is 132 Å². The van der Waals surface area contributed by atoms with Crippen molar-refractivity contribution >= 4 is 5.91 Å². The molecule has 0 aromatic heterocycles. The third kappa shape index (κ3) is 5.03. The van der Waals surface area contributed by atoms with E-state index >= 15 is 0 Å². The van der Waals surface area contributed by atoms with Crippen molar-refractivity contribution in [3.63, 3.8) is 0 Å². The number of aliphatic hydroxyl groups excluding tert-OH is 1. The molecule has 0 aliphatic rings. The van der Waals surface area contributed by atoms with Gasteiger partial charge >= 0.3 is 6.61 Å². The van der Waals surface area contributed by atoms with Crippen LogP contribution in [0.25, 0.3) is 0 Å². The Morgan fingerprint density at radius 3 is 2.52 bits per heavy atom. The van der Waals surface area contributed by atoms with Gasteiger partial charge in [0.15, 0.2) is 0 Å². The molecule has 1 atom stereocenters. The van der Waals surface area contributed by atoms with Crippen LogP contribution in [-0.4, -0.2) is 24.2 Å². The zero-order chi connectivity index (χ0) is 16.7. The molecular formula is C17H17F2NO3. The summed E-state index contributed by atoms with van der Waals surface area (Å²) in [6.45, 7) is -3.03. The lowest BCUT2D eigenvalue weighted by Crippen LogP contribution is -2.29. The minimum absolute atomic E-state index is 0.0777. The van der Waals surface area contributed by atoms with Crippen molar-refractivity contribution in [1.29, 1.82) is 0 Å². The molecule has 1 amide bonds. The second-order valence-corrected chi connectivity index (χ2v) is 4.86. The quantitative estimate of drug-likeness (QED) is 0.824. The third-order valence-corrected chi connectivity index (χ3v) is 3.25. The Kier molecular flexibility index (Phi) is 6.05. The molecule has 0 heterocycles. The highest BCUT2D eigenvalue weighted by Crippen LogP contribution is 2.19. The van der Waals surface area contributed by atoms with Crippen molar-refractivity contribution in [2.75, 3.05) is 6.61 Å². The molecule has 0 bridgehead atoms. The number of hydrogen-bond donors (Lipinski definition) is 2. The van der Waals surface area contributed by atoms with E-state index in [-0.39, 0.29) is 24.0 Å². The third-order valence-electron chi connectivity index (χ3n) is 3.25. The maximum Gasteiger partial charge on any atom is 0.387 e. The van der Waals surface area contributed by atoms with Crippen molar-refractivity contribution in [3.8, 4) is 5.75 Å². The summed E-state index contributed by atoms with van der Waals surface area (Å²) in [6.07, 6.45) is 0.350. The number of hydrogen-bond acceptors (Lipinski definition) is 3. The van der Waals surface area contributed by atoms with Crippen molar-refractivity contribution in [2.45, 2.75) is 19.1 Å². The first-order chi connectivity index (χ1) is 11.1. The number of halogens is 2. The van der Waals surface area contributed by atoms with E-state index in [0.717, 1.165) is 5.56 Å². The molecule has 0 saturated heterocycles. The highest BCUT2D eigenvalue weighted by molar-refractivity contribution is 5.94. The summed E-state index contributed by atoms with van der Waals surface area (Å²) in [5.74, 6) is -0.502. The lowest BCUT2D eigenvalue weighted by atomic mass is 10.0. The van der Waals surface area contributed by atoms with Gasteiger partial charge < -0.3 is 15.2 Å². The fraction of sp³-hybridized carbons (Fsp3) is 0.235. The highest BCUT2D eigenvalue weighted by Gasteiger charge is 2.16. The minimum Gasteiger partial charge on any atom is -0.435 e. The van der Waals surface area contributed by atoms with Crippen LogP contribution in [0.15, 0.2) is 54.6 Å². The number of carbonyl (C=O) groups is 1. The van der Waals surface area contributed by atoms with Crippen molar-refractivity contribution in [3.05, 3.63) is 65.7 Å². The van der Waals surface area contributed by atoms with Crippen LogP contribution in [0.1, 0.15) is 28.4 Å². The number of alkyl halides is 2. The van der Waals surface area contributed by atoms with Gasteiger partial charge in [0.05, 0.1) is 6.04 Å². The van der Waals surface area contributed by atoms with E-state index in [1.54, 1.807) is 0 Å². The number of carbonyl (C=O) groups excluding carboxylic acids is 1. The van der Waals surface area contributed by atoms with E-state index in [9.17, 15) is 18.7 Å². The maximum absolute atomic E-state index is 12.3. The van der Waals surface area contributed by atoms with Gasteiger partial charge in [-0.25, -0.2) is 0 Å². The lowest BCUT2D eigenvalue weighted by Gasteiger charge is -2.18. The van der Waals surface area contributed by atoms with E-state index in [4.69, 9.17) is 0 Å². The number of ether oxygens (including phenoxy) is 1. The molecule has 0 fully saturated rings. The van der Waals surface area contributed by atoms with Gasteiger partial charge in [-0.1, -0.05) is 36.4 Å². The van der Waals surface area contributed by atoms with Crippen LogP contribution in [-0.2, 0) is 0 Å². The van der Waals surface area contributed by atoms with E-state index in [1.165, 1.54) is 24.3 Å². The van der Waals surface area contributed by atoms with Gasteiger partial charge in [-0.2, -0.15) is 8.78 Å². The number of aliphatic hydroxyl groups is 1. The average molecular weight is 321 g/mol. The fourth-order valence-electron chi connectivity index (χ4n) is 2.19. The van der Waals surface area contributed by atoms with Gasteiger partial charge in [-0.3, -0.25) is 4.79 Å². The molecular weight excluding hydrogens is 304 g/mol. The van der Waals surface area contributed by atoms with Crippen LogP contribution in [0.2, 0.25) is 0 Å². The molecule has 2 aromatic carbocycles. The Balaban J connectivity index is 2.12. The normalized spacial score (nSPS) is 12.0. The summed E-state index contributed by atoms with van der Waals surface area (Å²) >= 11 is 0. The topological polar surface area (TPSA) is 58.6 Å². The van der Waals surface area contributed by atoms with Gasteiger partial charge in [0.25, 0.3) is 5.91 Å². The molecule has 6 heteroatoms. The molecule has 122 valence electrons. The van der Waals surface area contributed by atoms with E-state index < -0.39 is 12.5 Å². The molecule has 2 N–H and O–H groups in total. The van der Waals surface area contributed by atoms with Crippen molar-refractivity contribution in [2.24, 2.45) is 0 Å². The molecule has 1 unspecified atom stereocenters. The summed E-state index contributed by atoms with van der Waals surface area (Å²) in [7, 11) is 0. The largest absolute Gasteiger partial charge is 0.435 e. The summed E-state index contributed by atoms with van der Waals surface area (Å²) < 4.78 is 28.8. The van der Waals surface area contributed by atoms with E-state index in [0.29, 0.717) is 6.42 Å². The number of amides is 1. The Hall–Kier alpha value is -2.47. The Bertz CT molecular complexity index is 635. The molecule has 0 saturated carbocycles. The first kappa shape index (κ1) is 16.9. The molecule has 0 aliphatic heterocycles. The maximum atomic E-state index is 12.3. The predicted octanol–water partition coefficient (Wildman–Crippen LogP) is 3.14. The van der Waals surface area contributed by atoms with E-state index in [2.05, 4.69) is 10.1 Å². The molecule has 0 spiro atoms. The molecule has 2 aromatic rings. The van der Waals surface area contributed by atoms with Gasteiger partial charge in [0.1, 0.15) is 5.75 Å². The SMILES string of the molecule is O=C(NC(CCO)c1ccccc1)c1cccc(OC(F)F)c1. The standard InChI is InChI=1S/C17H17F2NO3/c18-17(19)23-14-8-4-7-13(11-14)16(22)20-15(9-10-21)12-5-2-1-3-6-12/h1-8,11,15,17,21H,9-10H2,(H,20,22). The molecule has 0 radical (unpaired) electrons. The predicted molar refractivity (Wildman–Crippen MR) is 81.4 cm³/mol. The Morgan fingerprint density at radius 2 is 1.87 bits per heavy atom. The summed E-state index contributed by atoms with van der Waals surface area (Å²) in [5.41, 5.74) is 1.07. The van der Waals surface area contributed by atoms with Gasteiger partial charge in [0, 0.05) is 12.2 Å². The summed E-state index contributed by atoms with van der Waals surface area (Å²) in [5, 5.41) is 12.0. The first-order valence-electron chi connectivity index (χ1n) is 7.11. The Morgan fingerprint density at radius 1 is 1.13 bits per heavy atom. The highest BCUT2D eigenvalue weighted by atomic mass is 19.3. The molecule has 23 heavy (non-hydrogen) atoms. The van der Waals surface area contributed by atoms with Gasteiger partial charge in [-0.05, 0) is 30.2 Å². The van der Waals surface area contributed by atoms with Crippen LogP contribution in [0.4, 0.5) is 8.78 Å². The summed E-state index contributed by atoms with van der Waals surface area (Å²) in [4.78, 5) is 12.3. The lowest BCUT2D eigenvalue weighted by molar-refractivity contribution is -0.0498. The average Bonchev–Trinajstić information content (AvgIpc) is 2.55. The number of benzene rings is 2. The monoisotopic (exact) mass is 321 g/mol. The van der Waals surface area contributed by atoms with Crippen molar-refractivity contribution in [1.82, 2.24) is 5.32 Å². The molecule has 4 nitrogen and oxygen atoms in total. The first-order valence-corrected chi connectivity index (χ1v) is 7.11. The smallest absolute Gasteiger partial charge is 0.387 e. The van der Waals surface area contributed by atoms with E-state index in [1.807, 2.05) is 30.3 Å². The fourth-order valence-corrected chi connectivity index (χ4v) is 2.19. The zero-order valence-corrected chi connectivity index (χ0v) is 12.3. The van der Waals surface area contributed by atoms with Gasteiger partial charge in [0.2, 0.25) is 0 Å². The van der Waals surface area contributed by atoms with Crippen LogP contribution >= 0.6 is 0 Å². The second kappa shape index (κ2) is 8.24. The second-order valence-electron chi connectivity index (χ2n) is 4.86. The van der Waals surface area contributed by atoms with Crippen LogP contribution in [0, 0.1) is 0 Å². The van der Waals surface area contributed by atoms with Crippen LogP contribution < -0.4 is 10.1 Å². The van der Waals surface area contributed by atoms with Gasteiger partial charge in [-0.15, -0.1) is 0 Å². The minimum atomic E-state index is -2.94.